The van der Waals surface area contributed by atoms with Crippen LogP contribution in [0.4, 0.5) is 0 Å². The summed E-state index contributed by atoms with van der Waals surface area (Å²) in [4.78, 5) is 12.6. The molecule has 1 amide bonds. The molecule has 1 aromatic heterocycles. The van der Waals surface area contributed by atoms with Crippen molar-refractivity contribution in [2.45, 2.75) is 46.1 Å². The number of rotatable bonds is 4. The Labute approximate surface area is 142 Å². The summed E-state index contributed by atoms with van der Waals surface area (Å²) in [6.45, 7) is 6.10. The minimum absolute atomic E-state index is 0.000156. The number of hydrogen-bond acceptors (Lipinski definition) is 3. The van der Waals surface area contributed by atoms with Gasteiger partial charge in [0.1, 0.15) is 0 Å². The van der Waals surface area contributed by atoms with Gasteiger partial charge in [0.2, 0.25) is 0 Å². The van der Waals surface area contributed by atoms with Gasteiger partial charge < -0.3 is 10.4 Å². The van der Waals surface area contributed by atoms with E-state index in [0.29, 0.717) is 5.69 Å². The quantitative estimate of drug-likeness (QED) is 0.907. The summed E-state index contributed by atoms with van der Waals surface area (Å²) in [5, 5.41) is 17.2. The van der Waals surface area contributed by atoms with Crippen LogP contribution in [0.5, 0.6) is 0 Å². The first-order chi connectivity index (χ1) is 11.4. The highest BCUT2D eigenvalue weighted by molar-refractivity contribution is 5.92. The average Bonchev–Trinajstić information content (AvgIpc) is 3.12. The summed E-state index contributed by atoms with van der Waals surface area (Å²) in [7, 11) is 0. The van der Waals surface area contributed by atoms with Crippen LogP contribution in [-0.4, -0.2) is 33.4 Å². The van der Waals surface area contributed by atoms with Gasteiger partial charge in [0.25, 0.3) is 5.91 Å². The molecule has 128 valence electrons. The van der Waals surface area contributed by atoms with E-state index >= 15 is 0 Å². The fourth-order valence-corrected chi connectivity index (χ4v) is 3.43. The molecule has 2 unspecified atom stereocenters. The Bertz CT molecular complexity index is 736. The second-order valence-electron chi connectivity index (χ2n) is 7.15. The first kappa shape index (κ1) is 16.7. The van der Waals surface area contributed by atoms with Crippen LogP contribution in [0.1, 0.15) is 47.9 Å². The van der Waals surface area contributed by atoms with E-state index in [1.807, 2.05) is 45.0 Å². The molecule has 0 bridgehead atoms. The lowest BCUT2D eigenvalue weighted by Crippen LogP contribution is -2.44. The fourth-order valence-electron chi connectivity index (χ4n) is 3.43. The van der Waals surface area contributed by atoms with Crippen molar-refractivity contribution in [2.24, 2.45) is 5.41 Å². The summed E-state index contributed by atoms with van der Waals surface area (Å²) in [6.07, 6.45) is 2.87. The minimum Gasteiger partial charge on any atom is -0.396 e. The van der Waals surface area contributed by atoms with E-state index in [9.17, 15) is 9.90 Å². The number of aryl methyl sites for hydroxylation is 2. The lowest BCUT2D eigenvalue weighted by Gasteiger charge is -2.29. The molecule has 2 N–H and O–H groups in total. The van der Waals surface area contributed by atoms with Crippen LogP contribution in [-0.2, 0) is 0 Å². The van der Waals surface area contributed by atoms with Crippen molar-refractivity contribution in [1.29, 1.82) is 0 Å². The van der Waals surface area contributed by atoms with Gasteiger partial charge in [-0.05, 0) is 44.9 Å². The number of aromatic nitrogens is 2. The smallest absolute Gasteiger partial charge is 0.272 e. The maximum Gasteiger partial charge on any atom is 0.272 e. The van der Waals surface area contributed by atoms with Gasteiger partial charge in [0.05, 0.1) is 12.3 Å². The highest BCUT2D eigenvalue weighted by atomic mass is 16.3. The number of benzene rings is 1. The number of carbonyl (C=O) groups excluding carboxylic acids is 1. The van der Waals surface area contributed by atoms with E-state index in [-0.39, 0.29) is 24.0 Å². The summed E-state index contributed by atoms with van der Waals surface area (Å²) in [5.74, 6) is -0.171. The van der Waals surface area contributed by atoms with Crippen LogP contribution in [0.25, 0.3) is 5.69 Å². The van der Waals surface area contributed by atoms with Crippen LogP contribution in [0.2, 0.25) is 0 Å². The Morgan fingerprint density at radius 1 is 1.38 bits per heavy atom. The third-order valence-corrected chi connectivity index (χ3v) is 5.15. The van der Waals surface area contributed by atoms with E-state index in [1.165, 1.54) is 5.56 Å². The first-order valence-electron chi connectivity index (χ1n) is 8.48. The molecule has 1 heterocycles. The number of aliphatic hydroxyl groups excluding tert-OH is 1. The van der Waals surface area contributed by atoms with Gasteiger partial charge in [0.15, 0.2) is 5.69 Å². The molecule has 24 heavy (non-hydrogen) atoms. The largest absolute Gasteiger partial charge is 0.396 e. The molecule has 1 saturated carbocycles. The van der Waals surface area contributed by atoms with Crippen molar-refractivity contribution < 1.29 is 9.90 Å². The number of amides is 1. The zero-order valence-corrected chi connectivity index (χ0v) is 14.5. The zero-order valence-electron chi connectivity index (χ0n) is 14.5. The molecular weight excluding hydrogens is 302 g/mol. The molecule has 2 atom stereocenters. The van der Waals surface area contributed by atoms with Gasteiger partial charge in [-0.25, -0.2) is 4.68 Å². The Morgan fingerprint density at radius 2 is 2.08 bits per heavy atom. The molecule has 2 aromatic rings. The summed E-state index contributed by atoms with van der Waals surface area (Å²) < 4.78 is 1.79. The third kappa shape index (κ3) is 3.08. The SMILES string of the molecule is Cc1ccc(-n2nc(C(=O)NC3CCCC3(C)CO)cc2C)cc1. The van der Waals surface area contributed by atoms with Crippen molar-refractivity contribution >= 4 is 5.91 Å². The first-order valence-corrected chi connectivity index (χ1v) is 8.48. The van der Waals surface area contributed by atoms with Crippen LogP contribution in [0, 0.1) is 19.3 Å². The number of carbonyl (C=O) groups is 1. The Hall–Kier alpha value is -2.14. The van der Waals surface area contributed by atoms with Crippen molar-refractivity contribution in [3.63, 3.8) is 0 Å². The van der Waals surface area contributed by atoms with Crippen LogP contribution in [0.3, 0.4) is 0 Å². The molecule has 1 aromatic carbocycles. The minimum atomic E-state index is -0.232. The van der Waals surface area contributed by atoms with Gasteiger partial charge in [-0.15, -0.1) is 0 Å². The van der Waals surface area contributed by atoms with E-state index < -0.39 is 0 Å². The van der Waals surface area contributed by atoms with E-state index in [0.717, 1.165) is 30.6 Å². The number of hydrogen-bond donors (Lipinski definition) is 2. The summed E-state index contributed by atoms with van der Waals surface area (Å²) in [5.41, 5.74) is 3.23. The fraction of sp³-hybridized carbons (Fsp3) is 0.474. The molecule has 1 fully saturated rings. The van der Waals surface area contributed by atoms with Gasteiger partial charge in [-0.1, -0.05) is 31.0 Å². The normalized spacial score (nSPS) is 23.4. The average molecular weight is 327 g/mol. The Kier molecular flexibility index (Phi) is 4.45. The second kappa shape index (κ2) is 6.40. The number of nitrogens with zero attached hydrogens (tertiary/aromatic N) is 2. The van der Waals surface area contributed by atoms with Gasteiger partial charge in [-0.2, -0.15) is 5.10 Å². The van der Waals surface area contributed by atoms with Gasteiger partial charge in [0, 0.05) is 17.2 Å². The van der Waals surface area contributed by atoms with Crippen molar-refractivity contribution in [3.8, 4) is 5.69 Å². The molecule has 0 spiro atoms. The zero-order chi connectivity index (χ0) is 17.3. The van der Waals surface area contributed by atoms with Crippen LogP contribution in [0.15, 0.2) is 30.3 Å². The van der Waals surface area contributed by atoms with Gasteiger partial charge >= 0.3 is 0 Å². The highest BCUT2D eigenvalue weighted by Gasteiger charge is 2.39. The molecule has 0 saturated heterocycles. The standard InChI is InChI=1S/C19H25N3O2/c1-13-6-8-15(9-7-13)22-14(2)11-16(21-22)18(24)20-17-5-4-10-19(17,3)12-23/h6-9,11,17,23H,4-5,10,12H2,1-3H3,(H,20,24). The number of aliphatic hydroxyl groups is 1. The summed E-state index contributed by atoms with van der Waals surface area (Å²) in [6, 6.07) is 9.86. The van der Waals surface area contributed by atoms with Gasteiger partial charge in [-0.3, -0.25) is 4.79 Å². The molecule has 0 radical (unpaired) electrons. The maximum atomic E-state index is 12.6. The molecule has 3 rings (SSSR count). The Balaban J connectivity index is 1.79. The topological polar surface area (TPSA) is 67.2 Å². The highest BCUT2D eigenvalue weighted by Crippen LogP contribution is 2.37. The van der Waals surface area contributed by atoms with E-state index in [4.69, 9.17) is 0 Å². The van der Waals surface area contributed by atoms with Crippen LogP contribution < -0.4 is 5.32 Å². The molecule has 0 aliphatic heterocycles. The molecule has 5 heteroatoms. The number of nitrogens with one attached hydrogen (secondary N) is 1. The third-order valence-electron chi connectivity index (χ3n) is 5.15. The second-order valence-corrected chi connectivity index (χ2v) is 7.15. The van der Waals surface area contributed by atoms with Crippen LogP contribution >= 0.6 is 0 Å². The lowest BCUT2D eigenvalue weighted by molar-refractivity contribution is 0.0825. The molecule has 1 aliphatic rings. The van der Waals surface area contributed by atoms with Crippen molar-refractivity contribution in [2.75, 3.05) is 6.61 Å². The predicted octanol–water partition coefficient (Wildman–Crippen LogP) is 2.77. The van der Waals surface area contributed by atoms with E-state index in [1.54, 1.807) is 10.7 Å². The maximum absolute atomic E-state index is 12.6. The summed E-state index contributed by atoms with van der Waals surface area (Å²) >= 11 is 0. The monoisotopic (exact) mass is 327 g/mol. The molecule has 5 nitrogen and oxygen atoms in total. The molecule has 1 aliphatic carbocycles. The predicted molar refractivity (Wildman–Crippen MR) is 93.3 cm³/mol. The van der Waals surface area contributed by atoms with Crippen molar-refractivity contribution in [1.82, 2.24) is 15.1 Å². The van der Waals surface area contributed by atoms with E-state index in [2.05, 4.69) is 10.4 Å². The van der Waals surface area contributed by atoms with Crippen molar-refractivity contribution in [3.05, 3.63) is 47.3 Å². The Morgan fingerprint density at radius 3 is 2.75 bits per heavy atom. The lowest BCUT2D eigenvalue weighted by atomic mass is 9.86. The molecular formula is C19H25N3O2.